The number of anilines is 1. The van der Waals surface area contributed by atoms with Gasteiger partial charge in [0.15, 0.2) is 5.82 Å². The van der Waals surface area contributed by atoms with Gasteiger partial charge in [-0.25, -0.2) is 0 Å². The van der Waals surface area contributed by atoms with Crippen molar-refractivity contribution in [3.63, 3.8) is 0 Å². The van der Waals surface area contributed by atoms with Crippen LogP contribution in [0, 0.1) is 6.92 Å². The maximum atomic E-state index is 12.1. The predicted molar refractivity (Wildman–Crippen MR) is 75.1 cm³/mol. The first kappa shape index (κ1) is 13.4. The molecule has 2 rings (SSSR count). The molecule has 0 aliphatic rings. The second-order valence-corrected chi connectivity index (χ2v) is 4.73. The van der Waals surface area contributed by atoms with Gasteiger partial charge in [0.2, 0.25) is 0 Å². The van der Waals surface area contributed by atoms with Gasteiger partial charge in [-0.05, 0) is 25.5 Å². The van der Waals surface area contributed by atoms with Crippen molar-refractivity contribution in [1.82, 2.24) is 15.5 Å². The van der Waals surface area contributed by atoms with Crippen LogP contribution in [0.1, 0.15) is 34.6 Å². The Bertz CT molecular complexity index is 589. The fourth-order valence-electron chi connectivity index (χ4n) is 1.91. The molecule has 1 aromatic carbocycles. The summed E-state index contributed by atoms with van der Waals surface area (Å²) in [6, 6.07) is 7.17. The molecule has 0 aliphatic heterocycles. The number of nitrogens with one attached hydrogen (secondary N) is 2. The maximum absolute atomic E-state index is 12.1. The van der Waals surface area contributed by atoms with Crippen LogP contribution in [-0.2, 0) is 0 Å². The molecule has 1 heterocycles. The third kappa shape index (κ3) is 2.71. The van der Waals surface area contributed by atoms with E-state index in [4.69, 9.17) is 17.3 Å². The number of aromatic nitrogens is 2. The van der Waals surface area contributed by atoms with Crippen LogP contribution in [0.3, 0.4) is 0 Å². The number of hydrogen-bond acceptors (Lipinski definition) is 3. The van der Waals surface area contributed by atoms with Gasteiger partial charge in [0.05, 0.1) is 6.04 Å². The van der Waals surface area contributed by atoms with E-state index >= 15 is 0 Å². The molecule has 0 radical (unpaired) electrons. The third-order valence-corrected chi connectivity index (χ3v) is 3.27. The number of benzene rings is 1. The molecule has 1 unspecified atom stereocenters. The van der Waals surface area contributed by atoms with E-state index in [0.717, 1.165) is 5.56 Å². The molecule has 0 saturated carbocycles. The van der Waals surface area contributed by atoms with Crippen molar-refractivity contribution in [2.75, 3.05) is 5.73 Å². The molecule has 4 N–H and O–H groups in total. The van der Waals surface area contributed by atoms with Crippen molar-refractivity contribution < 1.29 is 4.79 Å². The van der Waals surface area contributed by atoms with Crippen molar-refractivity contribution in [3.8, 4) is 0 Å². The van der Waals surface area contributed by atoms with E-state index < -0.39 is 0 Å². The highest BCUT2D eigenvalue weighted by Crippen LogP contribution is 2.23. The van der Waals surface area contributed by atoms with E-state index in [9.17, 15) is 4.79 Å². The Hall–Kier alpha value is -2.01. The molecule has 0 saturated heterocycles. The minimum atomic E-state index is -0.267. The van der Waals surface area contributed by atoms with Crippen molar-refractivity contribution in [1.29, 1.82) is 0 Å². The summed E-state index contributed by atoms with van der Waals surface area (Å²) in [7, 11) is 0. The fraction of sp³-hybridized carbons (Fsp3) is 0.231. The number of nitrogens with zero attached hydrogens (tertiary/aromatic N) is 1. The SMILES string of the molecule is Cc1[nH]nc(N)c1C(=O)NC(C)c1ccccc1Cl. The lowest BCUT2D eigenvalue weighted by atomic mass is 10.1. The van der Waals surface area contributed by atoms with Crippen LogP contribution in [0.4, 0.5) is 5.82 Å². The molecule has 1 atom stereocenters. The van der Waals surface area contributed by atoms with E-state index in [-0.39, 0.29) is 17.8 Å². The highest BCUT2D eigenvalue weighted by Gasteiger charge is 2.19. The van der Waals surface area contributed by atoms with Crippen molar-refractivity contribution in [2.24, 2.45) is 0 Å². The standard InChI is InChI=1S/C13H15ClN4O/c1-7(9-5-3-4-6-10(9)14)16-13(19)11-8(2)17-18-12(11)15/h3-7H,1-2H3,(H,16,19)(H3,15,17,18). The van der Waals surface area contributed by atoms with Crippen molar-refractivity contribution in [2.45, 2.75) is 19.9 Å². The third-order valence-electron chi connectivity index (χ3n) is 2.92. The minimum absolute atomic E-state index is 0.196. The normalized spacial score (nSPS) is 12.2. The van der Waals surface area contributed by atoms with Crippen LogP contribution < -0.4 is 11.1 Å². The van der Waals surface area contributed by atoms with Gasteiger partial charge in [0, 0.05) is 10.7 Å². The molecule has 1 aromatic heterocycles. The second-order valence-electron chi connectivity index (χ2n) is 4.33. The van der Waals surface area contributed by atoms with Gasteiger partial charge in [-0.2, -0.15) is 5.10 Å². The van der Waals surface area contributed by atoms with Crippen LogP contribution in [0.2, 0.25) is 5.02 Å². The highest BCUT2D eigenvalue weighted by atomic mass is 35.5. The summed E-state index contributed by atoms with van der Waals surface area (Å²) in [5.74, 6) is -0.0717. The molecule has 5 nitrogen and oxygen atoms in total. The van der Waals surface area contributed by atoms with E-state index in [1.54, 1.807) is 13.0 Å². The highest BCUT2D eigenvalue weighted by molar-refractivity contribution is 6.31. The Kier molecular flexibility index (Phi) is 3.76. The molecule has 0 aliphatic carbocycles. The molecule has 100 valence electrons. The Morgan fingerprint density at radius 1 is 1.47 bits per heavy atom. The summed E-state index contributed by atoms with van der Waals surface area (Å²) in [6.07, 6.45) is 0. The van der Waals surface area contributed by atoms with Crippen LogP contribution in [0.15, 0.2) is 24.3 Å². The van der Waals surface area contributed by atoms with Gasteiger partial charge in [-0.1, -0.05) is 29.8 Å². The summed E-state index contributed by atoms with van der Waals surface area (Å²) < 4.78 is 0. The van der Waals surface area contributed by atoms with Gasteiger partial charge in [-0.15, -0.1) is 0 Å². The number of carbonyl (C=O) groups excluding carboxylic acids is 1. The molecule has 19 heavy (non-hydrogen) atoms. The number of halogens is 1. The summed E-state index contributed by atoms with van der Waals surface area (Å²) in [5, 5.41) is 9.96. The van der Waals surface area contributed by atoms with Crippen LogP contribution in [-0.4, -0.2) is 16.1 Å². The number of rotatable bonds is 3. The average Bonchev–Trinajstić information content (AvgIpc) is 2.69. The molecule has 6 heteroatoms. The van der Waals surface area contributed by atoms with Crippen molar-refractivity contribution in [3.05, 3.63) is 46.1 Å². The summed E-state index contributed by atoms with van der Waals surface area (Å²) >= 11 is 6.10. The Morgan fingerprint density at radius 2 is 2.16 bits per heavy atom. The van der Waals surface area contributed by atoms with Crippen LogP contribution in [0.25, 0.3) is 0 Å². The number of hydrogen-bond donors (Lipinski definition) is 3. The Labute approximate surface area is 116 Å². The Balaban J connectivity index is 2.18. The monoisotopic (exact) mass is 278 g/mol. The predicted octanol–water partition coefficient (Wildman–Crippen LogP) is 2.44. The smallest absolute Gasteiger partial charge is 0.257 e. The fourth-order valence-corrected chi connectivity index (χ4v) is 2.21. The molecule has 0 fully saturated rings. The molecule has 2 aromatic rings. The minimum Gasteiger partial charge on any atom is -0.382 e. The Morgan fingerprint density at radius 3 is 2.74 bits per heavy atom. The summed E-state index contributed by atoms with van der Waals surface area (Å²) in [4.78, 5) is 12.1. The van der Waals surface area contributed by atoms with Gasteiger partial charge in [-0.3, -0.25) is 9.89 Å². The summed E-state index contributed by atoms with van der Waals surface area (Å²) in [5.41, 5.74) is 7.53. The van der Waals surface area contributed by atoms with E-state index in [2.05, 4.69) is 15.5 Å². The number of aryl methyl sites for hydroxylation is 1. The zero-order chi connectivity index (χ0) is 14.0. The van der Waals surface area contributed by atoms with Crippen molar-refractivity contribution >= 4 is 23.3 Å². The number of nitrogen functional groups attached to an aromatic ring is 1. The molecular weight excluding hydrogens is 264 g/mol. The number of carbonyl (C=O) groups is 1. The first-order valence-corrected chi connectivity index (χ1v) is 6.24. The summed E-state index contributed by atoms with van der Waals surface area (Å²) in [6.45, 7) is 3.61. The first-order chi connectivity index (χ1) is 9.00. The van der Waals surface area contributed by atoms with E-state index in [1.165, 1.54) is 0 Å². The molecule has 0 bridgehead atoms. The van der Waals surface area contributed by atoms with Gasteiger partial charge < -0.3 is 11.1 Å². The maximum Gasteiger partial charge on any atom is 0.257 e. The number of H-pyrrole nitrogens is 1. The van der Waals surface area contributed by atoms with E-state index in [1.807, 2.05) is 25.1 Å². The van der Waals surface area contributed by atoms with Gasteiger partial charge >= 0.3 is 0 Å². The first-order valence-electron chi connectivity index (χ1n) is 5.86. The van der Waals surface area contributed by atoms with Gasteiger partial charge in [0.25, 0.3) is 5.91 Å². The van der Waals surface area contributed by atoms with Gasteiger partial charge in [0.1, 0.15) is 5.56 Å². The van der Waals surface area contributed by atoms with Crippen LogP contribution >= 0.6 is 11.6 Å². The van der Waals surface area contributed by atoms with E-state index in [0.29, 0.717) is 16.3 Å². The molecule has 0 spiro atoms. The zero-order valence-corrected chi connectivity index (χ0v) is 11.5. The topological polar surface area (TPSA) is 83.8 Å². The lowest BCUT2D eigenvalue weighted by molar-refractivity contribution is 0.0940. The molecule has 1 amide bonds. The quantitative estimate of drug-likeness (QED) is 0.806. The lowest BCUT2D eigenvalue weighted by Crippen LogP contribution is -2.27. The average molecular weight is 279 g/mol. The molecular formula is C13H15ClN4O. The number of amides is 1. The zero-order valence-electron chi connectivity index (χ0n) is 10.7. The largest absolute Gasteiger partial charge is 0.382 e. The number of aromatic amines is 1. The van der Waals surface area contributed by atoms with Crippen LogP contribution in [0.5, 0.6) is 0 Å². The second kappa shape index (κ2) is 5.32. The number of nitrogens with two attached hydrogens (primary N) is 1. The lowest BCUT2D eigenvalue weighted by Gasteiger charge is -2.15.